The highest BCUT2D eigenvalue weighted by Crippen LogP contribution is 2.53. The van der Waals surface area contributed by atoms with Gasteiger partial charge in [0.2, 0.25) is 5.91 Å². The summed E-state index contributed by atoms with van der Waals surface area (Å²) in [5, 5.41) is 11.7. The highest BCUT2D eigenvalue weighted by molar-refractivity contribution is 5.97. The van der Waals surface area contributed by atoms with E-state index in [9.17, 15) is 9.59 Å². The summed E-state index contributed by atoms with van der Waals surface area (Å²) in [6.07, 6.45) is 4.80. The standard InChI is InChI=1S/C24H25N3O2/c1-17(23(29)27-14-12-24(10-11-24)13-15-27)26-22(28)21-8-6-20(7-9-21)19-4-2-18(16-25)3-5-19/h2-9,17H,10-15H2,1H3,(H,26,28)/t17-/m1/s1. The van der Waals surface area contributed by atoms with E-state index in [1.807, 2.05) is 29.2 Å². The van der Waals surface area contributed by atoms with Gasteiger partial charge in [0.25, 0.3) is 5.91 Å². The molecule has 1 saturated carbocycles. The molecular weight excluding hydrogens is 362 g/mol. The maximum absolute atomic E-state index is 12.7. The zero-order valence-corrected chi connectivity index (χ0v) is 16.6. The van der Waals surface area contributed by atoms with Gasteiger partial charge in [-0.05, 0) is 73.4 Å². The molecule has 2 fully saturated rings. The molecule has 29 heavy (non-hydrogen) atoms. The Bertz CT molecular complexity index is 943. The molecule has 0 aromatic heterocycles. The molecule has 2 aliphatic rings. The first-order chi connectivity index (χ1) is 14.0. The van der Waals surface area contributed by atoms with Crippen molar-refractivity contribution in [1.82, 2.24) is 10.2 Å². The van der Waals surface area contributed by atoms with Gasteiger partial charge in [0.1, 0.15) is 6.04 Å². The number of nitrogens with zero attached hydrogens (tertiary/aromatic N) is 2. The first-order valence-electron chi connectivity index (χ1n) is 10.2. The van der Waals surface area contributed by atoms with Crippen molar-refractivity contribution in [2.75, 3.05) is 13.1 Å². The minimum Gasteiger partial charge on any atom is -0.341 e. The average molecular weight is 387 g/mol. The van der Waals surface area contributed by atoms with Crippen LogP contribution in [0.15, 0.2) is 48.5 Å². The van der Waals surface area contributed by atoms with Crippen LogP contribution in [0.2, 0.25) is 0 Å². The third-order valence-electron chi connectivity index (χ3n) is 6.31. The third-order valence-corrected chi connectivity index (χ3v) is 6.31. The lowest BCUT2D eigenvalue weighted by Gasteiger charge is -2.33. The van der Waals surface area contributed by atoms with E-state index in [0.717, 1.165) is 37.1 Å². The van der Waals surface area contributed by atoms with Crippen LogP contribution in [0.3, 0.4) is 0 Å². The lowest BCUT2D eigenvalue weighted by molar-refractivity contribution is -0.134. The molecular formula is C24H25N3O2. The monoisotopic (exact) mass is 387 g/mol. The van der Waals surface area contributed by atoms with E-state index >= 15 is 0 Å². The number of carbonyl (C=O) groups is 2. The Hall–Kier alpha value is -3.13. The summed E-state index contributed by atoms with van der Waals surface area (Å²) in [5.74, 6) is -0.240. The second-order valence-corrected chi connectivity index (χ2v) is 8.29. The van der Waals surface area contributed by atoms with Crippen molar-refractivity contribution in [1.29, 1.82) is 5.26 Å². The molecule has 1 aliphatic heterocycles. The van der Waals surface area contributed by atoms with E-state index in [0.29, 0.717) is 16.5 Å². The smallest absolute Gasteiger partial charge is 0.251 e. The summed E-state index contributed by atoms with van der Waals surface area (Å²) in [6.45, 7) is 3.36. The number of carbonyl (C=O) groups excluding carboxylic acids is 2. The molecule has 1 atom stereocenters. The third kappa shape index (κ3) is 4.17. The van der Waals surface area contributed by atoms with Gasteiger partial charge in [0.05, 0.1) is 11.6 Å². The molecule has 0 bridgehead atoms. The summed E-state index contributed by atoms with van der Waals surface area (Å²) in [4.78, 5) is 27.1. The van der Waals surface area contributed by atoms with Crippen molar-refractivity contribution in [2.45, 2.75) is 38.6 Å². The Labute approximate surface area is 171 Å². The van der Waals surface area contributed by atoms with Gasteiger partial charge < -0.3 is 10.2 Å². The van der Waals surface area contributed by atoms with Crippen molar-refractivity contribution >= 4 is 11.8 Å². The molecule has 1 spiro atoms. The fraction of sp³-hybridized carbons (Fsp3) is 0.375. The van der Waals surface area contributed by atoms with Crippen molar-refractivity contribution < 1.29 is 9.59 Å². The number of likely N-dealkylation sites (tertiary alicyclic amines) is 1. The second-order valence-electron chi connectivity index (χ2n) is 8.29. The highest BCUT2D eigenvalue weighted by Gasteiger charge is 2.45. The van der Waals surface area contributed by atoms with Gasteiger partial charge in [-0.1, -0.05) is 24.3 Å². The van der Waals surface area contributed by atoms with E-state index in [1.54, 1.807) is 31.2 Å². The van der Waals surface area contributed by atoms with Crippen LogP contribution in [0, 0.1) is 16.7 Å². The van der Waals surface area contributed by atoms with Crippen molar-refractivity contribution in [3.63, 3.8) is 0 Å². The lowest BCUT2D eigenvalue weighted by atomic mass is 9.93. The Kier molecular flexibility index (Phi) is 5.10. The minimum atomic E-state index is -0.533. The first-order valence-corrected chi connectivity index (χ1v) is 10.2. The quantitative estimate of drug-likeness (QED) is 0.868. The fourth-order valence-corrected chi connectivity index (χ4v) is 4.05. The summed E-state index contributed by atoms with van der Waals surface area (Å²) in [6, 6.07) is 16.2. The minimum absolute atomic E-state index is 0.00283. The molecule has 1 heterocycles. The largest absolute Gasteiger partial charge is 0.341 e. The molecule has 1 N–H and O–H groups in total. The molecule has 1 aliphatic carbocycles. The Balaban J connectivity index is 1.35. The van der Waals surface area contributed by atoms with Gasteiger partial charge in [-0.2, -0.15) is 5.26 Å². The maximum atomic E-state index is 12.7. The predicted molar refractivity (Wildman–Crippen MR) is 111 cm³/mol. The van der Waals surface area contributed by atoms with E-state index in [1.165, 1.54) is 12.8 Å². The summed E-state index contributed by atoms with van der Waals surface area (Å²) in [5.41, 5.74) is 3.62. The second kappa shape index (κ2) is 7.71. The van der Waals surface area contributed by atoms with Crippen molar-refractivity contribution in [2.24, 2.45) is 5.41 Å². The van der Waals surface area contributed by atoms with Crippen LogP contribution < -0.4 is 5.32 Å². The number of benzene rings is 2. The topological polar surface area (TPSA) is 73.2 Å². The van der Waals surface area contributed by atoms with Gasteiger partial charge in [0.15, 0.2) is 0 Å². The molecule has 4 rings (SSSR count). The normalized spacial score (nSPS) is 18.0. The predicted octanol–water partition coefficient (Wildman–Crippen LogP) is 3.75. The van der Waals surface area contributed by atoms with Crippen LogP contribution >= 0.6 is 0 Å². The van der Waals surface area contributed by atoms with E-state index < -0.39 is 6.04 Å². The average Bonchev–Trinajstić information content (AvgIpc) is 3.52. The molecule has 148 valence electrons. The Morgan fingerprint density at radius 2 is 1.52 bits per heavy atom. The highest BCUT2D eigenvalue weighted by atomic mass is 16.2. The lowest BCUT2D eigenvalue weighted by Crippen LogP contribution is -2.49. The van der Waals surface area contributed by atoms with Crippen molar-refractivity contribution in [3.05, 3.63) is 59.7 Å². The van der Waals surface area contributed by atoms with E-state index in [4.69, 9.17) is 5.26 Å². The van der Waals surface area contributed by atoms with Crippen LogP contribution in [0.1, 0.15) is 48.5 Å². The van der Waals surface area contributed by atoms with E-state index in [-0.39, 0.29) is 11.8 Å². The maximum Gasteiger partial charge on any atom is 0.251 e. The Morgan fingerprint density at radius 3 is 2.03 bits per heavy atom. The Morgan fingerprint density at radius 1 is 0.966 bits per heavy atom. The zero-order valence-electron chi connectivity index (χ0n) is 16.6. The number of rotatable bonds is 4. The summed E-state index contributed by atoms with van der Waals surface area (Å²) < 4.78 is 0. The SMILES string of the molecule is C[C@@H](NC(=O)c1ccc(-c2ccc(C#N)cc2)cc1)C(=O)N1CCC2(CC1)CC2. The van der Waals surface area contributed by atoms with E-state index in [2.05, 4.69) is 11.4 Å². The van der Waals surface area contributed by atoms with Gasteiger partial charge in [-0.25, -0.2) is 0 Å². The molecule has 1 saturated heterocycles. The van der Waals surface area contributed by atoms with Crippen LogP contribution in [0.4, 0.5) is 0 Å². The van der Waals surface area contributed by atoms with Crippen LogP contribution in [0.5, 0.6) is 0 Å². The fourth-order valence-electron chi connectivity index (χ4n) is 4.05. The number of hydrogen-bond acceptors (Lipinski definition) is 3. The van der Waals surface area contributed by atoms with Crippen molar-refractivity contribution in [3.8, 4) is 17.2 Å². The van der Waals surface area contributed by atoms with Crippen LogP contribution in [-0.2, 0) is 4.79 Å². The first kappa shape index (κ1) is 19.2. The molecule has 2 amide bonds. The molecule has 2 aromatic rings. The number of amides is 2. The van der Waals surface area contributed by atoms with Gasteiger partial charge in [-0.15, -0.1) is 0 Å². The number of piperidine rings is 1. The van der Waals surface area contributed by atoms with Gasteiger partial charge >= 0.3 is 0 Å². The molecule has 5 nitrogen and oxygen atoms in total. The van der Waals surface area contributed by atoms with Gasteiger partial charge in [-0.3, -0.25) is 9.59 Å². The summed E-state index contributed by atoms with van der Waals surface area (Å²) >= 11 is 0. The van der Waals surface area contributed by atoms with Crippen LogP contribution in [-0.4, -0.2) is 35.8 Å². The molecule has 5 heteroatoms. The zero-order chi connectivity index (χ0) is 20.4. The molecule has 2 aromatic carbocycles. The molecule has 0 unspecified atom stereocenters. The number of nitriles is 1. The molecule has 0 radical (unpaired) electrons. The summed E-state index contributed by atoms with van der Waals surface area (Å²) in [7, 11) is 0. The van der Waals surface area contributed by atoms with Crippen LogP contribution in [0.25, 0.3) is 11.1 Å². The number of hydrogen-bond donors (Lipinski definition) is 1. The van der Waals surface area contributed by atoms with Gasteiger partial charge in [0, 0.05) is 18.7 Å². The number of nitrogens with one attached hydrogen (secondary N) is 1.